The second-order valence-electron chi connectivity index (χ2n) is 22.9. The summed E-state index contributed by atoms with van der Waals surface area (Å²) in [6.45, 7) is 13.9. The van der Waals surface area contributed by atoms with E-state index in [1.165, 1.54) is 12.5 Å². The molecule has 10 N–H and O–H groups in total. The molecule has 366 valence electrons. The molecule has 23 atom stereocenters. The molecule has 0 aromatic carbocycles. The highest BCUT2D eigenvalue weighted by Gasteiger charge is 2.70. The first-order valence-electron chi connectivity index (χ1n) is 23.7. The molecule has 3 heterocycles. The molecule has 0 aromatic rings. The summed E-state index contributed by atoms with van der Waals surface area (Å²) in [5, 5.41) is 108. The molecule has 0 amide bonds. The van der Waals surface area contributed by atoms with Crippen molar-refractivity contribution in [1.29, 1.82) is 0 Å². The quantitative estimate of drug-likeness (QED) is 0.116. The average molecular weight is 913 g/mol. The SMILES string of the molecule is CC1OC(OC2C(OC3CCC4(C)C(CCC5(C)C4CC=C4C6CC(C)(C)CCC6(C(=O)O)CCC45C)C3(C)CO)OCC(O)C2OC2OC(CO)C(O)C(O)C2O)C(O)C(O)C1O. The summed E-state index contributed by atoms with van der Waals surface area (Å²) in [5.41, 5.74) is -0.765. The lowest BCUT2D eigenvalue weighted by Gasteiger charge is -2.71. The average Bonchev–Trinajstić information content (AvgIpc) is 3.24. The first-order valence-corrected chi connectivity index (χ1v) is 23.7. The van der Waals surface area contributed by atoms with Gasteiger partial charge in [0, 0.05) is 5.41 Å². The summed E-state index contributed by atoms with van der Waals surface area (Å²) in [7, 11) is 0. The van der Waals surface area contributed by atoms with E-state index in [9.17, 15) is 55.9 Å². The smallest absolute Gasteiger partial charge is 0.310 e. The fraction of sp³-hybridized carbons (Fsp3) is 0.936. The Labute approximate surface area is 376 Å². The highest BCUT2D eigenvalue weighted by Crippen LogP contribution is 2.76. The van der Waals surface area contributed by atoms with E-state index in [0.29, 0.717) is 19.3 Å². The van der Waals surface area contributed by atoms with Gasteiger partial charge in [-0.15, -0.1) is 0 Å². The van der Waals surface area contributed by atoms with Gasteiger partial charge in [0.05, 0.1) is 37.4 Å². The monoisotopic (exact) mass is 913 g/mol. The summed E-state index contributed by atoms with van der Waals surface area (Å²) in [6.07, 6.45) is -12.2. The molecule has 3 saturated heterocycles. The maximum atomic E-state index is 13.2. The second-order valence-corrected chi connectivity index (χ2v) is 22.9. The lowest BCUT2D eigenvalue weighted by molar-refractivity contribution is -0.388. The lowest BCUT2D eigenvalue weighted by Crippen LogP contribution is -2.67. The Morgan fingerprint density at radius 2 is 1.36 bits per heavy atom. The molecule has 5 aliphatic carbocycles. The number of hydrogen-bond acceptors (Lipinski definition) is 16. The third kappa shape index (κ3) is 7.49. The van der Waals surface area contributed by atoms with Crippen LogP contribution in [0.2, 0.25) is 0 Å². The van der Waals surface area contributed by atoms with Crippen LogP contribution in [0.3, 0.4) is 0 Å². The van der Waals surface area contributed by atoms with E-state index in [0.717, 1.165) is 44.9 Å². The van der Waals surface area contributed by atoms with Crippen molar-refractivity contribution < 1.29 is 84.3 Å². The molecule has 17 heteroatoms. The van der Waals surface area contributed by atoms with E-state index in [1.807, 2.05) is 6.92 Å². The fourth-order valence-corrected chi connectivity index (χ4v) is 14.8. The summed E-state index contributed by atoms with van der Waals surface area (Å²) in [6, 6.07) is 0. The topological polar surface area (TPSA) is 275 Å². The van der Waals surface area contributed by atoms with E-state index < -0.39 is 116 Å². The number of fused-ring (bicyclic) bond motifs is 7. The minimum Gasteiger partial charge on any atom is -0.481 e. The van der Waals surface area contributed by atoms with Crippen molar-refractivity contribution in [2.75, 3.05) is 19.8 Å². The Kier molecular flexibility index (Phi) is 13.2. The summed E-state index contributed by atoms with van der Waals surface area (Å²) >= 11 is 0. The van der Waals surface area contributed by atoms with Crippen LogP contribution in [-0.4, -0.2) is 169 Å². The molecule has 0 radical (unpaired) electrons. The highest BCUT2D eigenvalue weighted by molar-refractivity contribution is 5.76. The van der Waals surface area contributed by atoms with Crippen molar-refractivity contribution >= 4 is 5.97 Å². The van der Waals surface area contributed by atoms with Crippen LogP contribution in [0.5, 0.6) is 0 Å². The summed E-state index contributed by atoms with van der Waals surface area (Å²) in [5.74, 6) is -0.473. The Morgan fingerprint density at radius 1 is 0.719 bits per heavy atom. The fourth-order valence-electron chi connectivity index (χ4n) is 14.8. The highest BCUT2D eigenvalue weighted by atomic mass is 16.8. The minimum atomic E-state index is -1.83. The number of allylic oxidation sites excluding steroid dienone is 2. The number of hydrogen-bond donors (Lipinski definition) is 10. The number of aliphatic hydroxyl groups is 9. The van der Waals surface area contributed by atoms with Crippen molar-refractivity contribution in [2.24, 2.45) is 50.2 Å². The Bertz CT molecular complexity index is 1750. The number of rotatable bonds is 9. The number of carbonyl (C=O) groups is 1. The molecule has 4 saturated carbocycles. The number of carboxylic acid groups (broad SMARTS) is 1. The zero-order chi connectivity index (χ0) is 46.7. The molecular weight excluding hydrogens is 837 g/mol. The molecule has 0 spiro atoms. The van der Waals surface area contributed by atoms with Crippen LogP contribution in [0.25, 0.3) is 0 Å². The van der Waals surface area contributed by atoms with Crippen LogP contribution in [0.1, 0.15) is 113 Å². The number of ether oxygens (including phenoxy) is 6. The predicted octanol–water partition coefficient (Wildman–Crippen LogP) is 1.35. The molecule has 8 aliphatic rings. The number of aliphatic hydroxyl groups excluding tert-OH is 9. The molecule has 8 rings (SSSR count). The van der Waals surface area contributed by atoms with Gasteiger partial charge in [0.2, 0.25) is 0 Å². The van der Waals surface area contributed by atoms with E-state index >= 15 is 0 Å². The van der Waals surface area contributed by atoms with Crippen molar-refractivity contribution in [3.8, 4) is 0 Å². The van der Waals surface area contributed by atoms with Gasteiger partial charge in [0.25, 0.3) is 0 Å². The van der Waals surface area contributed by atoms with Gasteiger partial charge in [-0.25, -0.2) is 0 Å². The summed E-state index contributed by atoms with van der Waals surface area (Å²) in [4.78, 5) is 13.2. The number of carboxylic acids is 1. The third-order valence-corrected chi connectivity index (χ3v) is 19.1. The molecule has 23 unspecified atom stereocenters. The molecule has 7 fully saturated rings. The second kappa shape index (κ2) is 17.2. The van der Waals surface area contributed by atoms with Crippen molar-refractivity contribution in [1.82, 2.24) is 0 Å². The van der Waals surface area contributed by atoms with Gasteiger partial charge < -0.3 is 79.5 Å². The van der Waals surface area contributed by atoms with Crippen molar-refractivity contribution in [3.05, 3.63) is 11.6 Å². The van der Waals surface area contributed by atoms with Crippen LogP contribution < -0.4 is 0 Å². The van der Waals surface area contributed by atoms with Crippen molar-refractivity contribution in [3.63, 3.8) is 0 Å². The van der Waals surface area contributed by atoms with E-state index in [2.05, 4.69) is 40.7 Å². The van der Waals surface area contributed by atoms with Crippen LogP contribution >= 0.6 is 0 Å². The van der Waals surface area contributed by atoms with Gasteiger partial charge in [-0.3, -0.25) is 4.79 Å². The zero-order valence-corrected chi connectivity index (χ0v) is 38.5. The van der Waals surface area contributed by atoms with Crippen LogP contribution in [0.4, 0.5) is 0 Å². The number of aliphatic carboxylic acids is 1. The first-order chi connectivity index (χ1) is 29.9. The van der Waals surface area contributed by atoms with Gasteiger partial charge in [0.15, 0.2) is 18.9 Å². The molecule has 64 heavy (non-hydrogen) atoms. The maximum Gasteiger partial charge on any atom is 0.310 e. The van der Waals surface area contributed by atoms with Gasteiger partial charge in [-0.05, 0) is 111 Å². The van der Waals surface area contributed by atoms with Crippen LogP contribution in [0, 0.1) is 50.2 Å². The maximum absolute atomic E-state index is 13.2. The van der Waals surface area contributed by atoms with Gasteiger partial charge in [-0.1, -0.05) is 53.2 Å². The Morgan fingerprint density at radius 3 is 2.02 bits per heavy atom. The summed E-state index contributed by atoms with van der Waals surface area (Å²) < 4.78 is 36.9. The van der Waals surface area contributed by atoms with E-state index in [1.54, 1.807) is 0 Å². The Hall–Kier alpha value is -1.39. The van der Waals surface area contributed by atoms with Crippen LogP contribution in [-0.2, 0) is 33.2 Å². The van der Waals surface area contributed by atoms with Gasteiger partial charge in [-0.2, -0.15) is 0 Å². The first kappa shape index (κ1) is 49.0. The molecular formula is C47H76O17. The largest absolute Gasteiger partial charge is 0.481 e. The molecule has 0 bridgehead atoms. The van der Waals surface area contributed by atoms with Gasteiger partial charge >= 0.3 is 5.97 Å². The van der Waals surface area contributed by atoms with Gasteiger partial charge in [0.1, 0.15) is 61.0 Å². The Balaban J connectivity index is 1.08. The molecule has 3 aliphatic heterocycles. The van der Waals surface area contributed by atoms with Crippen LogP contribution in [0.15, 0.2) is 11.6 Å². The van der Waals surface area contributed by atoms with E-state index in [4.69, 9.17) is 28.4 Å². The minimum absolute atomic E-state index is 0.0167. The van der Waals surface area contributed by atoms with Crippen molar-refractivity contribution in [2.45, 2.75) is 205 Å². The third-order valence-electron chi connectivity index (χ3n) is 19.1. The van der Waals surface area contributed by atoms with E-state index in [-0.39, 0.29) is 52.6 Å². The molecule has 0 aromatic heterocycles. The normalized spacial score (nSPS) is 55.0. The predicted molar refractivity (Wildman–Crippen MR) is 225 cm³/mol. The molecule has 17 nitrogen and oxygen atoms in total. The standard InChI is InChI=1S/C47H76O17/c1-22-30(51)32(53)34(55)38(60-22)64-37-36(63-39-35(56)33(54)31(52)26(19-48)61-39)25(50)20-59-40(37)62-29-11-12-43(4)27(44(29,5)21-49)10-13-46(7)28(43)9-8-23-24-18-42(2,3)14-16-47(24,41(57)58)17-15-45(23,46)6/h8,22,24-40,48-56H,9-21H2,1-7H3,(H,57,58). The zero-order valence-electron chi connectivity index (χ0n) is 38.5. The lowest BCUT2D eigenvalue weighted by atomic mass is 9.33.